The van der Waals surface area contributed by atoms with E-state index in [1.54, 1.807) is 6.20 Å². The molecule has 0 spiro atoms. The Kier molecular flexibility index (Phi) is 2.20. The highest BCUT2D eigenvalue weighted by molar-refractivity contribution is 5.96. The minimum atomic E-state index is 0.661. The van der Waals surface area contributed by atoms with E-state index in [0.29, 0.717) is 5.69 Å². The first-order chi connectivity index (χ1) is 9.84. The van der Waals surface area contributed by atoms with Gasteiger partial charge in [-0.1, -0.05) is 17.3 Å². The number of pyridine rings is 1. The van der Waals surface area contributed by atoms with Crippen LogP contribution < -0.4 is 5.73 Å². The Morgan fingerprint density at radius 3 is 2.80 bits per heavy atom. The summed E-state index contributed by atoms with van der Waals surface area (Å²) in [4.78, 5) is 4.34. The molecule has 0 atom stereocenters. The number of hydrogen-bond acceptors (Lipinski definition) is 4. The van der Waals surface area contributed by atoms with Crippen LogP contribution in [-0.4, -0.2) is 20.0 Å². The Labute approximate surface area is 114 Å². The number of hydrogen-bond donors (Lipinski definition) is 1. The Morgan fingerprint density at radius 2 is 1.85 bits per heavy atom. The highest BCUT2D eigenvalue weighted by Gasteiger charge is 2.10. The summed E-state index contributed by atoms with van der Waals surface area (Å²) in [6, 6.07) is 15.5. The standard InChI is InChI=1S/C15H11N5/c16-11-7-8-13(10-4-3-9-17-15(10)11)20-14-6-2-1-5-12(14)18-19-20/h1-9H,16H2. The van der Waals surface area contributed by atoms with Crippen LogP contribution in [0.3, 0.4) is 0 Å². The maximum atomic E-state index is 5.98. The summed E-state index contributed by atoms with van der Waals surface area (Å²) < 4.78 is 1.82. The minimum Gasteiger partial charge on any atom is -0.397 e. The lowest BCUT2D eigenvalue weighted by molar-refractivity contribution is 0.829. The molecule has 0 unspecified atom stereocenters. The van der Waals surface area contributed by atoms with Crippen LogP contribution in [0.15, 0.2) is 54.7 Å². The van der Waals surface area contributed by atoms with Crippen molar-refractivity contribution in [2.24, 2.45) is 0 Å². The lowest BCUT2D eigenvalue weighted by Gasteiger charge is -2.08. The molecule has 0 fully saturated rings. The minimum absolute atomic E-state index is 0.661. The Balaban J connectivity index is 2.10. The number of para-hydroxylation sites is 1. The zero-order valence-corrected chi connectivity index (χ0v) is 10.6. The summed E-state index contributed by atoms with van der Waals surface area (Å²) in [5.41, 5.74) is 10.2. The van der Waals surface area contributed by atoms with E-state index in [9.17, 15) is 0 Å². The second kappa shape index (κ2) is 4.03. The molecule has 0 aliphatic carbocycles. The fraction of sp³-hybridized carbons (Fsp3) is 0. The predicted octanol–water partition coefficient (Wildman–Crippen LogP) is 2.55. The molecule has 96 valence electrons. The van der Waals surface area contributed by atoms with Crippen molar-refractivity contribution in [3.8, 4) is 5.69 Å². The quantitative estimate of drug-likeness (QED) is 0.534. The van der Waals surface area contributed by atoms with Gasteiger partial charge in [0.05, 0.1) is 22.4 Å². The molecular weight excluding hydrogens is 250 g/mol. The molecule has 0 aliphatic rings. The molecule has 5 heteroatoms. The van der Waals surface area contributed by atoms with Crippen LogP contribution in [0.25, 0.3) is 27.6 Å². The largest absolute Gasteiger partial charge is 0.397 e. The average molecular weight is 261 g/mol. The zero-order chi connectivity index (χ0) is 13.5. The molecule has 2 aromatic heterocycles. The molecule has 0 radical (unpaired) electrons. The van der Waals surface area contributed by atoms with E-state index in [4.69, 9.17) is 5.73 Å². The number of anilines is 1. The number of benzene rings is 2. The van der Waals surface area contributed by atoms with E-state index in [-0.39, 0.29) is 0 Å². The predicted molar refractivity (Wildman–Crippen MR) is 78.6 cm³/mol. The van der Waals surface area contributed by atoms with Gasteiger partial charge in [0.2, 0.25) is 0 Å². The van der Waals surface area contributed by atoms with Crippen molar-refractivity contribution < 1.29 is 0 Å². The molecule has 5 nitrogen and oxygen atoms in total. The Morgan fingerprint density at radius 1 is 0.950 bits per heavy atom. The molecule has 0 bridgehead atoms. The summed E-state index contributed by atoms with van der Waals surface area (Å²) in [5.74, 6) is 0. The number of fused-ring (bicyclic) bond motifs is 2. The zero-order valence-electron chi connectivity index (χ0n) is 10.6. The van der Waals surface area contributed by atoms with Crippen LogP contribution in [-0.2, 0) is 0 Å². The van der Waals surface area contributed by atoms with E-state index in [1.807, 2.05) is 53.2 Å². The average Bonchev–Trinajstić information content (AvgIpc) is 2.92. The van der Waals surface area contributed by atoms with Gasteiger partial charge in [0, 0.05) is 11.6 Å². The summed E-state index contributed by atoms with van der Waals surface area (Å²) in [7, 11) is 0. The first-order valence-corrected chi connectivity index (χ1v) is 6.28. The fourth-order valence-electron chi connectivity index (χ4n) is 2.41. The van der Waals surface area contributed by atoms with Crippen LogP contribution in [0.1, 0.15) is 0 Å². The second-order valence-electron chi connectivity index (χ2n) is 4.56. The van der Waals surface area contributed by atoms with Crippen LogP contribution in [0.5, 0.6) is 0 Å². The van der Waals surface area contributed by atoms with Crippen molar-refractivity contribution >= 4 is 27.6 Å². The second-order valence-corrected chi connectivity index (χ2v) is 4.56. The third-order valence-corrected chi connectivity index (χ3v) is 3.36. The van der Waals surface area contributed by atoms with E-state index < -0.39 is 0 Å². The van der Waals surface area contributed by atoms with Gasteiger partial charge >= 0.3 is 0 Å². The smallest absolute Gasteiger partial charge is 0.113 e. The van der Waals surface area contributed by atoms with Crippen LogP contribution in [0.4, 0.5) is 5.69 Å². The summed E-state index contributed by atoms with van der Waals surface area (Å²) in [6.07, 6.45) is 1.74. The Hall–Kier alpha value is -2.95. The van der Waals surface area contributed by atoms with Gasteiger partial charge in [0.25, 0.3) is 0 Å². The van der Waals surface area contributed by atoms with Crippen LogP contribution in [0.2, 0.25) is 0 Å². The SMILES string of the molecule is Nc1ccc(-n2nnc3ccccc32)c2cccnc12. The van der Waals surface area contributed by atoms with Gasteiger partial charge < -0.3 is 5.73 Å². The van der Waals surface area contributed by atoms with Crippen molar-refractivity contribution in [3.63, 3.8) is 0 Å². The van der Waals surface area contributed by atoms with Gasteiger partial charge in [-0.15, -0.1) is 5.10 Å². The van der Waals surface area contributed by atoms with Gasteiger partial charge in [-0.05, 0) is 36.4 Å². The lowest BCUT2D eigenvalue weighted by Crippen LogP contribution is -2.00. The van der Waals surface area contributed by atoms with Gasteiger partial charge in [0.1, 0.15) is 5.52 Å². The molecule has 4 rings (SSSR count). The molecule has 0 amide bonds. The summed E-state index contributed by atoms with van der Waals surface area (Å²) in [5, 5.41) is 9.39. The number of nitrogen functional groups attached to an aromatic ring is 1. The van der Waals surface area contributed by atoms with Crippen molar-refractivity contribution in [1.82, 2.24) is 20.0 Å². The van der Waals surface area contributed by atoms with E-state index in [2.05, 4.69) is 15.3 Å². The Bertz CT molecular complexity index is 926. The van der Waals surface area contributed by atoms with E-state index >= 15 is 0 Å². The third kappa shape index (κ3) is 1.46. The van der Waals surface area contributed by atoms with Crippen molar-refractivity contribution in [1.29, 1.82) is 0 Å². The first-order valence-electron chi connectivity index (χ1n) is 6.28. The molecule has 0 saturated heterocycles. The van der Waals surface area contributed by atoms with Crippen molar-refractivity contribution in [2.45, 2.75) is 0 Å². The monoisotopic (exact) mass is 261 g/mol. The van der Waals surface area contributed by atoms with E-state index in [1.165, 1.54) is 0 Å². The molecule has 20 heavy (non-hydrogen) atoms. The van der Waals surface area contributed by atoms with Crippen LogP contribution in [0, 0.1) is 0 Å². The molecule has 4 aromatic rings. The number of rotatable bonds is 1. The van der Waals surface area contributed by atoms with E-state index in [0.717, 1.165) is 27.6 Å². The topological polar surface area (TPSA) is 69.6 Å². The molecule has 2 N–H and O–H groups in total. The number of nitrogens with two attached hydrogens (primary N) is 1. The number of nitrogens with zero attached hydrogens (tertiary/aromatic N) is 4. The van der Waals surface area contributed by atoms with Gasteiger partial charge in [-0.25, -0.2) is 4.68 Å². The molecule has 2 heterocycles. The maximum absolute atomic E-state index is 5.98. The fourth-order valence-corrected chi connectivity index (χ4v) is 2.41. The molecular formula is C15H11N5. The third-order valence-electron chi connectivity index (χ3n) is 3.36. The highest BCUT2D eigenvalue weighted by atomic mass is 15.4. The lowest BCUT2D eigenvalue weighted by atomic mass is 10.1. The highest BCUT2D eigenvalue weighted by Crippen LogP contribution is 2.26. The van der Waals surface area contributed by atoms with Crippen LogP contribution >= 0.6 is 0 Å². The van der Waals surface area contributed by atoms with Gasteiger partial charge in [0.15, 0.2) is 0 Å². The molecule has 2 aromatic carbocycles. The normalized spacial score (nSPS) is 11.2. The van der Waals surface area contributed by atoms with Crippen molar-refractivity contribution in [3.05, 3.63) is 54.7 Å². The molecule has 0 aliphatic heterocycles. The van der Waals surface area contributed by atoms with Gasteiger partial charge in [-0.2, -0.15) is 0 Å². The summed E-state index contributed by atoms with van der Waals surface area (Å²) >= 11 is 0. The molecule has 0 saturated carbocycles. The summed E-state index contributed by atoms with van der Waals surface area (Å²) in [6.45, 7) is 0. The van der Waals surface area contributed by atoms with Crippen molar-refractivity contribution in [2.75, 3.05) is 5.73 Å². The van der Waals surface area contributed by atoms with Gasteiger partial charge in [-0.3, -0.25) is 4.98 Å². The number of aromatic nitrogens is 4. The first kappa shape index (κ1) is 10.9. The maximum Gasteiger partial charge on any atom is 0.113 e.